The predicted molar refractivity (Wildman–Crippen MR) is 200 cm³/mol. The summed E-state index contributed by atoms with van der Waals surface area (Å²) in [7, 11) is 0. The maximum absolute atomic E-state index is 15.2. The van der Waals surface area contributed by atoms with Crippen LogP contribution in [-0.4, -0.2) is 89.2 Å². The molecule has 1 N–H and O–H groups in total. The van der Waals surface area contributed by atoms with E-state index in [1.807, 2.05) is 84.9 Å². The largest absolute Gasteiger partial charge is 0.394 e. The highest BCUT2D eigenvalue weighted by Gasteiger charge is 2.75. The zero-order valence-electron chi connectivity index (χ0n) is 29.8. The van der Waals surface area contributed by atoms with E-state index >= 15 is 4.79 Å². The third-order valence-electron chi connectivity index (χ3n) is 10.9. The summed E-state index contributed by atoms with van der Waals surface area (Å²) in [5.74, 6) is -2.46. The first-order valence-corrected chi connectivity index (χ1v) is 18.2. The molecule has 1 spiro atoms. The Balaban J connectivity index is 1.41. The van der Waals surface area contributed by atoms with Crippen molar-refractivity contribution < 1.29 is 24.2 Å². The number of anilines is 2. The van der Waals surface area contributed by atoms with Crippen molar-refractivity contribution in [1.29, 1.82) is 0 Å². The van der Waals surface area contributed by atoms with E-state index in [1.54, 1.807) is 26.9 Å². The smallest absolute Gasteiger partial charge is 0.253 e. The second kappa shape index (κ2) is 15.7. The highest BCUT2D eigenvalue weighted by molar-refractivity contribution is 6.05. The minimum Gasteiger partial charge on any atom is -0.394 e. The molecule has 51 heavy (non-hydrogen) atoms. The van der Waals surface area contributed by atoms with E-state index in [-0.39, 0.29) is 30.9 Å². The van der Waals surface area contributed by atoms with E-state index in [2.05, 4.69) is 31.9 Å². The molecular formula is C42H50N4O5. The van der Waals surface area contributed by atoms with Gasteiger partial charge in [0.1, 0.15) is 11.6 Å². The Morgan fingerprint density at radius 2 is 1.51 bits per heavy atom. The summed E-state index contributed by atoms with van der Waals surface area (Å²) in [6.07, 6.45) is 4.21. The summed E-state index contributed by atoms with van der Waals surface area (Å²) in [6.45, 7) is 14.3. The third kappa shape index (κ3) is 6.72. The van der Waals surface area contributed by atoms with Crippen LogP contribution in [0, 0.1) is 11.8 Å². The van der Waals surface area contributed by atoms with E-state index in [0.29, 0.717) is 38.0 Å². The average molecular weight is 691 g/mol. The summed E-state index contributed by atoms with van der Waals surface area (Å²) in [5.41, 5.74) is 2.39. The number of ether oxygens (including phenoxy) is 1. The second-order valence-corrected chi connectivity index (χ2v) is 13.7. The molecule has 3 amide bonds. The molecular weight excluding hydrogens is 640 g/mol. The van der Waals surface area contributed by atoms with Crippen LogP contribution in [0.2, 0.25) is 0 Å². The molecule has 3 aromatic carbocycles. The number of hydrogen-bond acceptors (Lipinski definition) is 6. The van der Waals surface area contributed by atoms with Crippen LogP contribution in [0.15, 0.2) is 110 Å². The van der Waals surface area contributed by atoms with Crippen LogP contribution in [0.5, 0.6) is 0 Å². The molecule has 268 valence electrons. The molecule has 3 aromatic rings. The first-order chi connectivity index (χ1) is 24.8. The molecule has 3 saturated heterocycles. The van der Waals surface area contributed by atoms with E-state index in [9.17, 15) is 14.7 Å². The number of rotatable bonds is 16. The molecule has 3 fully saturated rings. The number of aliphatic hydroxyl groups excluding tert-OH is 1. The fraction of sp³-hybridized carbons (Fsp3) is 0.405. The van der Waals surface area contributed by atoms with Gasteiger partial charge in [-0.3, -0.25) is 14.4 Å². The van der Waals surface area contributed by atoms with Gasteiger partial charge in [0.05, 0.1) is 30.6 Å². The first-order valence-electron chi connectivity index (χ1n) is 18.2. The van der Waals surface area contributed by atoms with Crippen LogP contribution in [0.1, 0.15) is 37.8 Å². The normalized spacial score (nSPS) is 23.8. The molecule has 3 aliphatic heterocycles. The molecule has 3 aliphatic rings. The number of nitrogens with zero attached hydrogens (tertiary/aromatic N) is 4. The Morgan fingerprint density at radius 3 is 2.10 bits per heavy atom. The van der Waals surface area contributed by atoms with E-state index in [4.69, 9.17) is 4.74 Å². The lowest BCUT2D eigenvalue weighted by atomic mass is 9.70. The molecule has 0 aliphatic carbocycles. The minimum absolute atomic E-state index is 0.185. The standard InChI is InChI=1S/C42H50N4O5/c1-5-25-44(28-31-17-13-10-14-18-31)39(48)36-35-23-24-42(51-35)37(36)40(49)46(34(29-47)27-30-15-11-9-12-16-30)38(42)41(50)45(26-6-2)33-21-19-32(20-22-33)43(7-3)8-4/h5-6,9-22,34-38,47H,1-2,7-8,23-29H2,3-4H3/t34-,35+,36-,37+,38?,42?/m1/s1. The van der Waals surface area contributed by atoms with Gasteiger partial charge in [0.15, 0.2) is 0 Å². The van der Waals surface area contributed by atoms with Crippen LogP contribution >= 0.6 is 0 Å². The van der Waals surface area contributed by atoms with Gasteiger partial charge < -0.3 is 29.4 Å². The average Bonchev–Trinajstić information content (AvgIpc) is 3.81. The quantitative estimate of drug-likeness (QED) is 0.207. The van der Waals surface area contributed by atoms with Crippen LogP contribution in [0.3, 0.4) is 0 Å². The van der Waals surface area contributed by atoms with Gasteiger partial charge in [0.2, 0.25) is 11.8 Å². The Labute approximate surface area is 301 Å². The van der Waals surface area contributed by atoms with Crippen LogP contribution < -0.4 is 9.80 Å². The zero-order valence-corrected chi connectivity index (χ0v) is 29.8. The monoisotopic (exact) mass is 690 g/mol. The van der Waals surface area contributed by atoms with Crippen LogP contribution in [0.25, 0.3) is 0 Å². The topological polar surface area (TPSA) is 93.6 Å². The number of hydrogen-bond donors (Lipinski definition) is 1. The van der Waals surface area contributed by atoms with Crippen molar-refractivity contribution in [1.82, 2.24) is 9.80 Å². The molecule has 2 bridgehead atoms. The summed E-state index contributed by atoms with van der Waals surface area (Å²) >= 11 is 0. The van der Waals surface area contributed by atoms with E-state index in [0.717, 1.165) is 29.9 Å². The van der Waals surface area contributed by atoms with Crippen LogP contribution in [0.4, 0.5) is 11.4 Å². The number of carbonyl (C=O) groups excluding carboxylic acids is 3. The fourth-order valence-corrected chi connectivity index (χ4v) is 8.62. The molecule has 6 atom stereocenters. The molecule has 6 rings (SSSR count). The fourth-order valence-electron chi connectivity index (χ4n) is 8.62. The van der Waals surface area contributed by atoms with Crippen molar-refractivity contribution >= 4 is 29.1 Å². The van der Waals surface area contributed by atoms with Crippen molar-refractivity contribution in [3.8, 4) is 0 Å². The number of benzene rings is 3. The molecule has 2 unspecified atom stereocenters. The van der Waals surface area contributed by atoms with Crippen molar-refractivity contribution in [3.63, 3.8) is 0 Å². The Hall–Kier alpha value is -4.73. The molecule has 9 nitrogen and oxygen atoms in total. The SMILES string of the molecule is C=CCN(Cc1ccccc1)C(=O)[C@@H]1[C@@H]2CCC3(O2)C(C(=O)N(CC=C)c2ccc(N(CC)CC)cc2)N([C@@H](CO)Cc2ccccc2)C(=O)[C@H]13. The van der Waals surface area contributed by atoms with E-state index < -0.39 is 35.6 Å². The third-order valence-corrected chi connectivity index (χ3v) is 10.9. The zero-order chi connectivity index (χ0) is 36.1. The van der Waals surface area contributed by atoms with Gasteiger partial charge in [-0.2, -0.15) is 0 Å². The predicted octanol–water partition coefficient (Wildman–Crippen LogP) is 5.24. The number of aliphatic hydroxyl groups is 1. The van der Waals surface area contributed by atoms with Gasteiger partial charge in [-0.05, 0) is 68.5 Å². The minimum atomic E-state index is -1.23. The van der Waals surface area contributed by atoms with Gasteiger partial charge in [-0.25, -0.2) is 0 Å². The van der Waals surface area contributed by atoms with E-state index in [1.165, 1.54) is 0 Å². The number of likely N-dealkylation sites (tertiary alicyclic amines) is 1. The van der Waals surface area contributed by atoms with Crippen molar-refractivity contribution in [3.05, 3.63) is 121 Å². The molecule has 0 saturated carbocycles. The maximum atomic E-state index is 15.2. The lowest BCUT2D eigenvalue weighted by Crippen LogP contribution is -2.59. The van der Waals surface area contributed by atoms with Gasteiger partial charge in [0, 0.05) is 44.1 Å². The Morgan fingerprint density at radius 1 is 0.902 bits per heavy atom. The van der Waals surface area contributed by atoms with Gasteiger partial charge >= 0.3 is 0 Å². The Bertz CT molecular complexity index is 1700. The molecule has 9 heteroatoms. The number of carbonyl (C=O) groups is 3. The molecule has 0 aromatic heterocycles. The highest BCUT2D eigenvalue weighted by atomic mass is 16.5. The second-order valence-electron chi connectivity index (χ2n) is 13.7. The first kappa shape index (κ1) is 36.1. The van der Waals surface area contributed by atoms with Gasteiger partial charge in [-0.15, -0.1) is 13.2 Å². The number of amides is 3. The summed E-state index contributed by atoms with van der Waals surface area (Å²) < 4.78 is 6.82. The summed E-state index contributed by atoms with van der Waals surface area (Å²) in [5, 5.41) is 10.9. The van der Waals surface area contributed by atoms with Gasteiger partial charge in [-0.1, -0.05) is 72.8 Å². The lowest BCUT2D eigenvalue weighted by Gasteiger charge is -2.39. The summed E-state index contributed by atoms with van der Waals surface area (Å²) in [4.78, 5) is 51.9. The van der Waals surface area contributed by atoms with Crippen molar-refractivity contribution in [2.75, 3.05) is 42.6 Å². The number of fused-ring (bicyclic) bond motifs is 1. The maximum Gasteiger partial charge on any atom is 0.253 e. The van der Waals surface area contributed by atoms with Crippen LogP contribution in [-0.2, 0) is 32.1 Å². The Kier molecular flexibility index (Phi) is 11.1. The highest BCUT2D eigenvalue weighted by Crippen LogP contribution is 2.59. The molecule has 3 heterocycles. The van der Waals surface area contributed by atoms with Gasteiger partial charge in [0.25, 0.3) is 5.91 Å². The van der Waals surface area contributed by atoms with Crippen molar-refractivity contribution in [2.45, 2.75) is 63.4 Å². The lowest BCUT2D eigenvalue weighted by molar-refractivity contribution is -0.147. The molecule has 0 radical (unpaired) electrons. The van der Waals surface area contributed by atoms with Crippen molar-refractivity contribution in [2.24, 2.45) is 11.8 Å². The summed E-state index contributed by atoms with van der Waals surface area (Å²) in [6, 6.07) is 25.5.